The van der Waals surface area contributed by atoms with E-state index in [1.165, 1.54) is 6.07 Å². The minimum absolute atomic E-state index is 0.167. The van der Waals surface area contributed by atoms with Gasteiger partial charge in [-0.1, -0.05) is 12.1 Å². The molecule has 144 valence electrons. The van der Waals surface area contributed by atoms with Crippen LogP contribution in [-0.2, 0) is 0 Å². The van der Waals surface area contributed by atoms with Gasteiger partial charge in [-0.15, -0.1) is 0 Å². The number of hydrogen-bond donors (Lipinski definition) is 1. The van der Waals surface area contributed by atoms with Crippen molar-refractivity contribution in [3.05, 3.63) is 88.8 Å². The molecule has 0 saturated carbocycles. The van der Waals surface area contributed by atoms with Crippen LogP contribution in [0.3, 0.4) is 0 Å². The van der Waals surface area contributed by atoms with Gasteiger partial charge in [-0.3, -0.25) is 14.6 Å². The average molecular weight is 386 g/mol. The predicted octanol–water partition coefficient (Wildman–Crippen LogP) is 4.51. The van der Waals surface area contributed by atoms with Crippen molar-refractivity contribution in [2.45, 2.75) is 6.92 Å². The van der Waals surface area contributed by atoms with E-state index in [0.29, 0.717) is 45.9 Å². The molecule has 0 fully saturated rings. The number of carbonyl (C=O) groups excluding carboxylic acids is 1. The predicted molar refractivity (Wildman–Crippen MR) is 111 cm³/mol. The molecule has 0 aliphatic carbocycles. The number of para-hydroxylation sites is 1. The number of anilines is 1. The maximum Gasteiger partial charge on any atom is 0.255 e. The van der Waals surface area contributed by atoms with E-state index in [1.807, 2.05) is 31.2 Å². The Bertz CT molecular complexity index is 1230. The van der Waals surface area contributed by atoms with E-state index in [2.05, 4.69) is 10.3 Å². The fourth-order valence-corrected chi connectivity index (χ4v) is 3.02. The molecule has 0 atom stereocenters. The number of fused-ring (bicyclic) bond motifs is 1. The van der Waals surface area contributed by atoms with Crippen LogP contribution in [0.5, 0.6) is 5.75 Å². The third-order valence-electron chi connectivity index (χ3n) is 4.38. The van der Waals surface area contributed by atoms with Crippen LogP contribution in [0.2, 0.25) is 0 Å². The number of ether oxygens (including phenoxy) is 1. The number of aromatic nitrogens is 1. The minimum Gasteiger partial charge on any atom is -0.493 e. The summed E-state index contributed by atoms with van der Waals surface area (Å²) in [5, 5.41) is 3.24. The van der Waals surface area contributed by atoms with Crippen LogP contribution >= 0.6 is 0 Å². The van der Waals surface area contributed by atoms with Crippen molar-refractivity contribution >= 4 is 22.6 Å². The standard InChI is InChI=1S/C23H18N2O4/c1-2-28-20-6-4-3-5-18(20)22-14-19(26)17-8-7-16(13-21(17)29-22)25-23(27)15-9-11-24-12-10-15/h3-14H,2H2,1H3,(H,25,27). The molecule has 1 N–H and O–H groups in total. The van der Waals surface area contributed by atoms with E-state index in [0.717, 1.165) is 0 Å². The molecule has 4 aromatic rings. The molecule has 6 heteroatoms. The van der Waals surface area contributed by atoms with Crippen LogP contribution in [0.25, 0.3) is 22.3 Å². The van der Waals surface area contributed by atoms with Crippen molar-refractivity contribution in [3.8, 4) is 17.1 Å². The fourth-order valence-electron chi connectivity index (χ4n) is 3.02. The van der Waals surface area contributed by atoms with E-state index in [9.17, 15) is 9.59 Å². The zero-order valence-corrected chi connectivity index (χ0v) is 15.7. The van der Waals surface area contributed by atoms with E-state index in [4.69, 9.17) is 9.15 Å². The number of pyridine rings is 1. The summed E-state index contributed by atoms with van der Waals surface area (Å²) in [6, 6.07) is 17.0. The first-order valence-corrected chi connectivity index (χ1v) is 9.17. The van der Waals surface area contributed by atoms with Gasteiger partial charge in [-0.25, -0.2) is 0 Å². The van der Waals surface area contributed by atoms with Crippen molar-refractivity contribution in [3.63, 3.8) is 0 Å². The molecular formula is C23H18N2O4. The Labute approximate surface area is 166 Å². The molecule has 2 heterocycles. The van der Waals surface area contributed by atoms with Gasteiger partial charge in [-0.2, -0.15) is 0 Å². The zero-order chi connectivity index (χ0) is 20.2. The monoisotopic (exact) mass is 386 g/mol. The number of nitrogens with zero attached hydrogens (tertiary/aromatic N) is 1. The lowest BCUT2D eigenvalue weighted by Gasteiger charge is -2.10. The summed E-state index contributed by atoms with van der Waals surface area (Å²) in [5.41, 5.74) is 1.92. The Morgan fingerprint density at radius 3 is 2.66 bits per heavy atom. The smallest absolute Gasteiger partial charge is 0.255 e. The molecule has 6 nitrogen and oxygen atoms in total. The number of amides is 1. The Balaban J connectivity index is 1.73. The fraction of sp³-hybridized carbons (Fsp3) is 0.0870. The lowest BCUT2D eigenvalue weighted by Crippen LogP contribution is -2.12. The SMILES string of the molecule is CCOc1ccccc1-c1cc(=O)c2ccc(NC(=O)c3ccncc3)cc2o1. The minimum atomic E-state index is -0.271. The van der Waals surface area contributed by atoms with Gasteiger partial charge in [0.25, 0.3) is 5.91 Å². The molecule has 29 heavy (non-hydrogen) atoms. The van der Waals surface area contributed by atoms with Crippen molar-refractivity contribution in [2.75, 3.05) is 11.9 Å². The maximum absolute atomic E-state index is 12.6. The van der Waals surface area contributed by atoms with E-state index in [-0.39, 0.29) is 11.3 Å². The highest BCUT2D eigenvalue weighted by molar-refractivity contribution is 6.04. The number of nitrogens with one attached hydrogen (secondary N) is 1. The Morgan fingerprint density at radius 2 is 1.86 bits per heavy atom. The third-order valence-corrected chi connectivity index (χ3v) is 4.38. The quantitative estimate of drug-likeness (QED) is 0.546. The van der Waals surface area contributed by atoms with Crippen LogP contribution in [0, 0.1) is 0 Å². The highest BCUT2D eigenvalue weighted by Crippen LogP contribution is 2.31. The Kier molecular flexibility index (Phi) is 5.07. The summed E-state index contributed by atoms with van der Waals surface area (Å²) < 4.78 is 11.6. The molecule has 0 saturated heterocycles. The second kappa shape index (κ2) is 7.98. The summed E-state index contributed by atoms with van der Waals surface area (Å²) in [4.78, 5) is 28.9. The van der Waals surface area contributed by atoms with Crippen LogP contribution in [0.15, 0.2) is 82.3 Å². The zero-order valence-electron chi connectivity index (χ0n) is 15.7. The Morgan fingerprint density at radius 1 is 1.07 bits per heavy atom. The number of carbonyl (C=O) groups is 1. The number of hydrogen-bond acceptors (Lipinski definition) is 5. The summed E-state index contributed by atoms with van der Waals surface area (Å²) in [7, 11) is 0. The van der Waals surface area contributed by atoms with Gasteiger partial charge in [-0.05, 0) is 43.3 Å². The molecule has 4 rings (SSSR count). The Hall–Kier alpha value is -3.93. The number of rotatable bonds is 5. The van der Waals surface area contributed by atoms with Gasteiger partial charge in [0.1, 0.15) is 17.1 Å². The maximum atomic E-state index is 12.6. The molecule has 0 radical (unpaired) electrons. The molecule has 0 unspecified atom stereocenters. The van der Waals surface area contributed by atoms with E-state index in [1.54, 1.807) is 42.7 Å². The summed E-state index contributed by atoms with van der Waals surface area (Å²) in [5.74, 6) is 0.774. The van der Waals surface area contributed by atoms with Gasteiger partial charge in [0.15, 0.2) is 5.43 Å². The summed E-state index contributed by atoms with van der Waals surface area (Å²) in [6.07, 6.45) is 3.10. The summed E-state index contributed by atoms with van der Waals surface area (Å²) >= 11 is 0. The molecule has 0 aliphatic rings. The largest absolute Gasteiger partial charge is 0.493 e. The lowest BCUT2D eigenvalue weighted by molar-refractivity contribution is 0.102. The highest BCUT2D eigenvalue weighted by atomic mass is 16.5. The topological polar surface area (TPSA) is 81.4 Å². The normalized spacial score (nSPS) is 10.7. The van der Waals surface area contributed by atoms with E-state index < -0.39 is 0 Å². The van der Waals surface area contributed by atoms with Gasteiger partial charge < -0.3 is 14.5 Å². The molecule has 1 amide bonds. The van der Waals surface area contributed by atoms with Gasteiger partial charge in [0, 0.05) is 35.8 Å². The van der Waals surface area contributed by atoms with Crippen LogP contribution in [0.1, 0.15) is 17.3 Å². The van der Waals surface area contributed by atoms with E-state index >= 15 is 0 Å². The first-order chi connectivity index (χ1) is 14.2. The van der Waals surface area contributed by atoms with Gasteiger partial charge >= 0.3 is 0 Å². The molecule has 2 aromatic carbocycles. The van der Waals surface area contributed by atoms with Crippen LogP contribution in [-0.4, -0.2) is 17.5 Å². The molecule has 0 bridgehead atoms. The van der Waals surface area contributed by atoms with Gasteiger partial charge in [0.05, 0.1) is 17.6 Å². The first-order valence-electron chi connectivity index (χ1n) is 9.17. The third kappa shape index (κ3) is 3.87. The highest BCUT2D eigenvalue weighted by Gasteiger charge is 2.13. The molecular weight excluding hydrogens is 368 g/mol. The lowest BCUT2D eigenvalue weighted by atomic mass is 10.1. The summed E-state index contributed by atoms with van der Waals surface area (Å²) in [6.45, 7) is 2.39. The van der Waals surface area contributed by atoms with Crippen LogP contribution < -0.4 is 15.5 Å². The van der Waals surface area contributed by atoms with Crippen molar-refractivity contribution in [1.29, 1.82) is 0 Å². The van der Waals surface area contributed by atoms with Crippen molar-refractivity contribution in [1.82, 2.24) is 4.98 Å². The molecule has 2 aromatic heterocycles. The van der Waals surface area contributed by atoms with Crippen molar-refractivity contribution in [2.24, 2.45) is 0 Å². The van der Waals surface area contributed by atoms with Crippen molar-refractivity contribution < 1.29 is 13.9 Å². The number of benzene rings is 2. The average Bonchev–Trinajstić information content (AvgIpc) is 2.75. The second-order valence-electron chi connectivity index (χ2n) is 6.31. The second-order valence-corrected chi connectivity index (χ2v) is 6.31. The molecule has 0 aliphatic heterocycles. The molecule has 0 spiro atoms. The van der Waals surface area contributed by atoms with Crippen LogP contribution in [0.4, 0.5) is 5.69 Å². The van der Waals surface area contributed by atoms with Gasteiger partial charge in [0.2, 0.25) is 0 Å². The first kappa shape index (κ1) is 18.4.